The van der Waals surface area contributed by atoms with Gasteiger partial charge < -0.3 is 10.1 Å². The number of amides is 1. The Balaban J connectivity index is 2.01. The highest BCUT2D eigenvalue weighted by Crippen LogP contribution is 2.21. The summed E-state index contributed by atoms with van der Waals surface area (Å²) >= 11 is 5.15. The fourth-order valence-electron chi connectivity index (χ4n) is 2.18. The Morgan fingerprint density at radius 2 is 2.04 bits per heavy atom. The Hall–Kier alpha value is -3.00. The standard InChI is InChI=1S/C18H19N3O4S/c1-3-9-25-15-6-4-5-13(11-15)17(22)20-18(26)19-16-8-7-14(21(23)24)10-12(16)2/h4-8,10-11H,3,9H2,1-2H3,(H2,19,20,22,26). The fraction of sp³-hybridized carbons (Fsp3) is 0.222. The van der Waals surface area contributed by atoms with E-state index in [9.17, 15) is 14.9 Å². The van der Waals surface area contributed by atoms with Crippen LogP contribution in [0.15, 0.2) is 42.5 Å². The molecule has 0 atom stereocenters. The molecule has 0 unspecified atom stereocenters. The van der Waals surface area contributed by atoms with Crippen molar-refractivity contribution in [3.8, 4) is 5.75 Å². The van der Waals surface area contributed by atoms with E-state index >= 15 is 0 Å². The van der Waals surface area contributed by atoms with E-state index in [1.54, 1.807) is 37.3 Å². The van der Waals surface area contributed by atoms with Crippen LogP contribution in [0.2, 0.25) is 0 Å². The van der Waals surface area contributed by atoms with Gasteiger partial charge in [0.05, 0.1) is 11.5 Å². The van der Waals surface area contributed by atoms with Gasteiger partial charge in [0, 0.05) is 23.4 Å². The number of nitrogens with one attached hydrogen (secondary N) is 2. The molecule has 136 valence electrons. The van der Waals surface area contributed by atoms with Gasteiger partial charge in [-0.3, -0.25) is 20.2 Å². The van der Waals surface area contributed by atoms with E-state index in [2.05, 4.69) is 10.6 Å². The largest absolute Gasteiger partial charge is 0.494 e. The molecule has 0 saturated carbocycles. The Bertz CT molecular complexity index is 839. The first-order valence-electron chi connectivity index (χ1n) is 8.01. The molecule has 0 aliphatic carbocycles. The molecule has 0 aromatic heterocycles. The molecule has 0 aliphatic heterocycles. The second-order valence-corrected chi connectivity index (χ2v) is 5.95. The first-order chi connectivity index (χ1) is 12.4. The summed E-state index contributed by atoms with van der Waals surface area (Å²) in [6, 6.07) is 11.2. The zero-order chi connectivity index (χ0) is 19.1. The number of anilines is 1. The molecule has 2 N–H and O–H groups in total. The number of rotatable bonds is 6. The summed E-state index contributed by atoms with van der Waals surface area (Å²) in [5.41, 5.74) is 1.64. The Morgan fingerprint density at radius 3 is 2.69 bits per heavy atom. The molecule has 1 amide bonds. The van der Waals surface area contributed by atoms with Crippen LogP contribution in [0.5, 0.6) is 5.75 Å². The molecule has 26 heavy (non-hydrogen) atoms. The number of nitro benzene ring substituents is 1. The molecule has 2 aromatic carbocycles. The van der Waals surface area contributed by atoms with E-state index in [-0.39, 0.29) is 16.7 Å². The number of nitro groups is 1. The first-order valence-corrected chi connectivity index (χ1v) is 8.41. The monoisotopic (exact) mass is 373 g/mol. The van der Waals surface area contributed by atoms with Crippen molar-refractivity contribution in [2.45, 2.75) is 20.3 Å². The molecule has 0 aliphatic rings. The van der Waals surface area contributed by atoms with Crippen molar-refractivity contribution < 1.29 is 14.5 Å². The summed E-state index contributed by atoms with van der Waals surface area (Å²) in [5.74, 6) is 0.244. The van der Waals surface area contributed by atoms with Crippen molar-refractivity contribution >= 4 is 34.6 Å². The molecule has 0 radical (unpaired) electrons. The average Bonchev–Trinajstić information content (AvgIpc) is 2.61. The third kappa shape index (κ3) is 5.25. The summed E-state index contributed by atoms with van der Waals surface area (Å²) in [4.78, 5) is 22.6. The van der Waals surface area contributed by atoms with Gasteiger partial charge in [0.1, 0.15) is 5.75 Å². The number of hydrogen-bond donors (Lipinski definition) is 2. The lowest BCUT2D eigenvalue weighted by Crippen LogP contribution is -2.34. The molecule has 0 bridgehead atoms. The second kappa shape index (κ2) is 8.91. The van der Waals surface area contributed by atoms with Gasteiger partial charge in [0.25, 0.3) is 11.6 Å². The first kappa shape index (κ1) is 19.3. The van der Waals surface area contributed by atoms with Crippen molar-refractivity contribution in [1.82, 2.24) is 5.32 Å². The number of thiocarbonyl (C=S) groups is 1. The van der Waals surface area contributed by atoms with Crippen LogP contribution in [0.4, 0.5) is 11.4 Å². The van der Waals surface area contributed by atoms with Gasteiger partial charge in [0.15, 0.2) is 5.11 Å². The number of ether oxygens (including phenoxy) is 1. The van der Waals surface area contributed by atoms with E-state index in [1.807, 2.05) is 6.92 Å². The maximum Gasteiger partial charge on any atom is 0.269 e. The summed E-state index contributed by atoms with van der Waals surface area (Å²) < 4.78 is 5.51. The maximum absolute atomic E-state index is 12.3. The number of carbonyl (C=O) groups is 1. The third-order valence-electron chi connectivity index (χ3n) is 3.47. The van der Waals surface area contributed by atoms with Crippen LogP contribution < -0.4 is 15.4 Å². The summed E-state index contributed by atoms with van der Waals surface area (Å²) in [6.07, 6.45) is 0.874. The number of hydrogen-bond acceptors (Lipinski definition) is 5. The van der Waals surface area contributed by atoms with Gasteiger partial charge >= 0.3 is 0 Å². The zero-order valence-electron chi connectivity index (χ0n) is 14.4. The van der Waals surface area contributed by atoms with Crippen molar-refractivity contribution in [2.24, 2.45) is 0 Å². The lowest BCUT2D eigenvalue weighted by Gasteiger charge is -2.12. The van der Waals surface area contributed by atoms with Crippen LogP contribution in [0, 0.1) is 17.0 Å². The number of nitrogens with zero attached hydrogens (tertiary/aromatic N) is 1. The van der Waals surface area contributed by atoms with Gasteiger partial charge in [-0.2, -0.15) is 0 Å². The zero-order valence-corrected chi connectivity index (χ0v) is 15.3. The van der Waals surface area contributed by atoms with Gasteiger partial charge in [0.2, 0.25) is 0 Å². The molecule has 0 spiro atoms. The van der Waals surface area contributed by atoms with Crippen molar-refractivity contribution in [3.63, 3.8) is 0 Å². The molecule has 7 nitrogen and oxygen atoms in total. The van der Waals surface area contributed by atoms with Crippen molar-refractivity contribution in [2.75, 3.05) is 11.9 Å². The Labute approximate surface area is 156 Å². The average molecular weight is 373 g/mol. The summed E-state index contributed by atoms with van der Waals surface area (Å²) in [7, 11) is 0. The fourth-order valence-corrected chi connectivity index (χ4v) is 2.38. The number of benzene rings is 2. The maximum atomic E-state index is 12.3. The quantitative estimate of drug-likeness (QED) is 0.454. The van der Waals surface area contributed by atoms with Crippen LogP contribution in [0.3, 0.4) is 0 Å². The minimum Gasteiger partial charge on any atom is -0.494 e. The molecule has 8 heteroatoms. The van der Waals surface area contributed by atoms with Crippen LogP contribution in [-0.2, 0) is 0 Å². The molecule has 0 saturated heterocycles. The number of carbonyl (C=O) groups excluding carboxylic acids is 1. The highest BCUT2D eigenvalue weighted by atomic mass is 32.1. The molecule has 2 rings (SSSR count). The topological polar surface area (TPSA) is 93.5 Å². The third-order valence-corrected chi connectivity index (χ3v) is 3.67. The highest BCUT2D eigenvalue weighted by molar-refractivity contribution is 7.80. The Morgan fingerprint density at radius 1 is 1.27 bits per heavy atom. The lowest BCUT2D eigenvalue weighted by atomic mass is 10.2. The molecule has 2 aromatic rings. The second-order valence-electron chi connectivity index (χ2n) is 5.54. The predicted molar refractivity (Wildman–Crippen MR) is 104 cm³/mol. The summed E-state index contributed by atoms with van der Waals surface area (Å²) in [6.45, 7) is 4.29. The number of non-ortho nitro benzene ring substituents is 1. The van der Waals surface area contributed by atoms with Gasteiger partial charge in [-0.25, -0.2) is 0 Å². The summed E-state index contributed by atoms with van der Waals surface area (Å²) in [5, 5.41) is 16.3. The van der Waals surface area contributed by atoms with E-state index < -0.39 is 4.92 Å². The van der Waals surface area contributed by atoms with E-state index in [1.165, 1.54) is 12.1 Å². The van der Waals surface area contributed by atoms with Crippen LogP contribution in [-0.4, -0.2) is 22.5 Å². The molecular weight excluding hydrogens is 354 g/mol. The van der Waals surface area contributed by atoms with E-state index in [4.69, 9.17) is 17.0 Å². The van der Waals surface area contributed by atoms with Gasteiger partial charge in [-0.05, 0) is 55.4 Å². The molecule has 0 fully saturated rings. The van der Waals surface area contributed by atoms with Crippen LogP contribution in [0.25, 0.3) is 0 Å². The van der Waals surface area contributed by atoms with Crippen molar-refractivity contribution in [1.29, 1.82) is 0 Å². The SMILES string of the molecule is CCCOc1cccc(C(=O)NC(=S)Nc2ccc([N+](=O)[O-])cc2C)c1. The normalized spacial score (nSPS) is 10.1. The van der Waals surface area contributed by atoms with E-state index in [0.717, 1.165) is 6.42 Å². The van der Waals surface area contributed by atoms with Crippen molar-refractivity contribution in [3.05, 3.63) is 63.7 Å². The van der Waals surface area contributed by atoms with Crippen LogP contribution >= 0.6 is 12.2 Å². The van der Waals surface area contributed by atoms with Gasteiger partial charge in [-0.1, -0.05) is 13.0 Å². The molecular formula is C18H19N3O4S. The number of aryl methyl sites for hydroxylation is 1. The Kier molecular flexibility index (Phi) is 6.62. The smallest absolute Gasteiger partial charge is 0.269 e. The highest BCUT2D eigenvalue weighted by Gasteiger charge is 2.12. The van der Waals surface area contributed by atoms with E-state index in [0.29, 0.717) is 29.2 Å². The predicted octanol–water partition coefficient (Wildman–Crippen LogP) is 3.82. The van der Waals surface area contributed by atoms with Crippen LogP contribution in [0.1, 0.15) is 29.3 Å². The minimum atomic E-state index is -0.468. The lowest BCUT2D eigenvalue weighted by molar-refractivity contribution is -0.384. The molecule has 0 heterocycles. The van der Waals surface area contributed by atoms with Gasteiger partial charge in [-0.15, -0.1) is 0 Å². The minimum absolute atomic E-state index is 0.00750.